The molecule has 8 heteroatoms. The SMILES string of the molecule is CCCCOC(=O)C1C(C)=NC2=C(C(=O)C[C@H](c3ccc(OC)c(OC)c3)C2)[C@@H]1c1ccc(O)c(OCC)c1. The van der Waals surface area contributed by atoms with E-state index >= 15 is 0 Å². The highest BCUT2D eigenvalue weighted by atomic mass is 16.5. The van der Waals surface area contributed by atoms with Crippen LogP contribution in [-0.2, 0) is 14.3 Å². The van der Waals surface area contributed by atoms with Crippen LogP contribution >= 0.6 is 0 Å². The lowest BCUT2D eigenvalue weighted by Crippen LogP contribution is -2.38. The molecule has 0 radical (unpaired) electrons. The van der Waals surface area contributed by atoms with Crippen LogP contribution in [0.2, 0.25) is 0 Å². The van der Waals surface area contributed by atoms with E-state index in [1.54, 1.807) is 32.4 Å². The van der Waals surface area contributed by atoms with E-state index in [4.69, 9.17) is 23.9 Å². The summed E-state index contributed by atoms with van der Waals surface area (Å²) in [5.74, 6) is -0.366. The fraction of sp³-hybridized carbons (Fsp3) is 0.452. The molecule has 0 amide bonds. The smallest absolute Gasteiger partial charge is 0.315 e. The monoisotopic (exact) mass is 535 g/mol. The molecule has 0 saturated heterocycles. The van der Waals surface area contributed by atoms with Gasteiger partial charge in [-0.05, 0) is 68.0 Å². The fourth-order valence-corrected chi connectivity index (χ4v) is 5.47. The maximum atomic E-state index is 13.9. The maximum Gasteiger partial charge on any atom is 0.315 e. The summed E-state index contributed by atoms with van der Waals surface area (Å²) < 4.78 is 22.1. The fourth-order valence-electron chi connectivity index (χ4n) is 5.47. The van der Waals surface area contributed by atoms with Crippen molar-refractivity contribution in [3.05, 3.63) is 58.8 Å². The number of ketones is 1. The van der Waals surface area contributed by atoms with E-state index in [1.165, 1.54) is 0 Å². The summed E-state index contributed by atoms with van der Waals surface area (Å²) >= 11 is 0. The summed E-state index contributed by atoms with van der Waals surface area (Å²) in [7, 11) is 3.17. The molecular weight excluding hydrogens is 498 g/mol. The van der Waals surface area contributed by atoms with Crippen molar-refractivity contribution >= 4 is 17.5 Å². The number of ether oxygens (including phenoxy) is 4. The van der Waals surface area contributed by atoms with Gasteiger partial charge in [0.2, 0.25) is 0 Å². The van der Waals surface area contributed by atoms with Gasteiger partial charge in [0.05, 0.1) is 27.4 Å². The Labute approximate surface area is 229 Å². The number of allylic oxidation sites excluding steroid dienone is 2. The number of phenols is 1. The number of carbonyl (C=O) groups is 2. The molecule has 0 aromatic heterocycles. The van der Waals surface area contributed by atoms with Gasteiger partial charge in [-0.15, -0.1) is 0 Å². The zero-order chi connectivity index (χ0) is 28.1. The van der Waals surface area contributed by atoms with Crippen LogP contribution in [0.25, 0.3) is 0 Å². The van der Waals surface area contributed by atoms with Gasteiger partial charge in [-0.1, -0.05) is 25.5 Å². The molecule has 1 unspecified atom stereocenters. The quantitative estimate of drug-likeness (QED) is 0.306. The Morgan fingerprint density at radius 1 is 1.00 bits per heavy atom. The molecule has 1 aliphatic carbocycles. The maximum absolute atomic E-state index is 13.9. The lowest BCUT2D eigenvalue weighted by Gasteiger charge is -2.36. The number of Topliss-reactive ketones (excluding diaryl/α,β-unsaturated/α-hetero) is 1. The Morgan fingerprint density at radius 3 is 2.41 bits per heavy atom. The number of carbonyl (C=O) groups excluding carboxylic acids is 2. The first-order chi connectivity index (χ1) is 18.8. The van der Waals surface area contributed by atoms with Crippen LogP contribution < -0.4 is 14.2 Å². The lowest BCUT2D eigenvalue weighted by atomic mass is 9.69. The van der Waals surface area contributed by atoms with Crippen LogP contribution in [0.5, 0.6) is 23.0 Å². The molecule has 8 nitrogen and oxygen atoms in total. The van der Waals surface area contributed by atoms with E-state index < -0.39 is 17.8 Å². The summed E-state index contributed by atoms with van der Waals surface area (Å²) in [5.41, 5.74) is 3.47. The van der Waals surface area contributed by atoms with E-state index in [0.29, 0.717) is 59.4 Å². The lowest BCUT2D eigenvalue weighted by molar-refractivity contribution is -0.146. The number of hydrogen-bond acceptors (Lipinski definition) is 8. The molecule has 2 aromatic carbocycles. The highest BCUT2D eigenvalue weighted by Gasteiger charge is 2.45. The van der Waals surface area contributed by atoms with E-state index in [0.717, 1.165) is 18.4 Å². The minimum Gasteiger partial charge on any atom is -0.504 e. The van der Waals surface area contributed by atoms with Crippen molar-refractivity contribution in [1.82, 2.24) is 0 Å². The molecule has 0 spiro atoms. The largest absolute Gasteiger partial charge is 0.504 e. The summed E-state index contributed by atoms with van der Waals surface area (Å²) in [5, 5.41) is 10.3. The van der Waals surface area contributed by atoms with Crippen molar-refractivity contribution in [1.29, 1.82) is 0 Å². The Balaban J connectivity index is 1.77. The van der Waals surface area contributed by atoms with Gasteiger partial charge in [-0.25, -0.2) is 0 Å². The van der Waals surface area contributed by atoms with Gasteiger partial charge in [0.1, 0.15) is 5.92 Å². The highest BCUT2D eigenvalue weighted by molar-refractivity contribution is 6.09. The van der Waals surface area contributed by atoms with E-state index in [1.807, 2.05) is 39.0 Å². The molecule has 208 valence electrons. The number of phenolic OH excluding ortho intramolecular Hbond substituents is 1. The number of aromatic hydroxyl groups is 1. The van der Waals surface area contributed by atoms with Crippen LogP contribution in [0.15, 0.2) is 52.7 Å². The zero-order valence-corrected chi connectivity index (χ0v) is 23.3. The van der Waals surface area contributed by atoms with Crippen molar-refractivity contribution in [3.8, 4) is 23.0 Å². The normalized spacial score (nSPS) is 20.7. The third-order valence-electron chi connectivity index (χ3n) is 7.41. The summed E-state index contributed by atoms with van der Waals surface area (Å²) in [4.78, 5) is 32.1. The van der Waals surface area contributed by atoms with E-state index in [2.05, 4.69) is 0 Å². The van der Waals surface area contributed by atoms with Gasteiger partial charge >= 0.3 is 5.97 Å². The minimum absolute atomic E-state index is 0.00145. The third-order valence-corrected chi connectivity index (χ3v) is 7.41. The highest BCUT2D eigenvalue weighted by Crippen LogP contribution is 2.48. The van der Waals surface area contributed by atoms with E-state index in [9.17, 15) is 14.7 Å². The van der Waals surface area contributed by atoms with Crippen LogP contribution in [0, 0.1) is 5.92 Å². The summed E-state index contributed by atoms with van der Waals surface area (Å²) in [6, 6.07) is 10.7. The molecule has 0 saturated carbocycles. The molecule has 0 bridgehead atoms. The second-order valence-corrected chi connectivity index (χ2v) is 9.89. The van der Waals surface area contributed by atoms with Crippen LogP contribution in [0.4, 0.5) is 0 Å². The molecule has 4 rings (SSSR count). The Kier molecular flexibility index (Phi) is 8.94. The minimum atomic E-state index is -0.749. The zero-order valence-electron chi connectivity index (χ0n) is 23.3. The molecule has 1 aliphatic heterocycles. The van der Waals surface area contributed by atoms with Gasteiger partial charge in [0.15, 0.2) is 28.8 Å². The number of rotatable bonds is 10. The molecule has 1 N–H and O–H groups in total. The van der Waals surface area contributed by atoms with Crippen molar-refractivity contribution in [3.63, 3.8) is 0 Å². The number of aliphatic imine (C=N–C) groups is 1. The molecular formula is C31H37NO7. The molecule has 3 atom stereocenters. The Morgan fingerprint density at radius 2 is 1.72 bits per heavy atom. The topological polar surface area (TPSA) is 104 Å². The predicted octanol–water partition coefficient (Wildman–Crippen LogP) is 5.73. The van der Waals surface area contributed by atoms with Gasteiger partial charge < -0.3 is 24.1 Å². The average Bonchev–Trinajstić information content (AvgIpc) is 2.93. The number of nitrogens with zero attached hydrogens (tertiary/aromatic N) is 1. The summed E-state index contributed by atoms with van der Waals surface area (Å²) in [6.45, 7) is 6.35. The van der Waals surface area contributed by atoms with Gasteiger partial charge in [0.25, 0.3) is 0 Å². The van der Waals surface area contributed by atoms with Gasteiger partial charge in [-0.2, -0.15) is 0 Å². The van der Waals surface area contributed by atoms with Gasteiger partial charge in [-0.3, -0.25) is 14.6 Å². The molecule has 2 aromatic rings. The first-order valence-corrected chi connectivity index (χ1v) is 13.5. The number of esters is 1. The van der Waals surface area contributed by atoms with Crippen molar-refractivity contribution in [2.24, 2.45) is 10.9 Å². The number of methoxy groups -OCH3 is 2. The third kappa shape index (κ3) is 5.79. The predicted molar refractivity (Wildman–Crippen MR) is 148 cm³/mol. The molecule has 1 heterocycles. The summed E-state index contributed by atoms with van der Waals surface area (Å²) in [6.07, 6.45) is 2.47. The number of unbranched alkanes of at least 4 members (excludes halogenated alkanes) is 1. The standard InChI is InChI=1S/C31H37NO7/c1-6-8-13-39-31(35)28-18(3)32-22-14-21(19-10-12-25(36-4)27(16-19)37-5)15-24(34)30(22)29(28)20-9-11-23(33)26(17-20)38-7-2/h9-12,16-17,21,28-29,33H,6-8,13-15H2,1-5H3/t21-,28?,29-/m1/s1. The second-order valence-electron chi connectivity index (χ2n) is 9.89. The number of hydrogen-bond donors (Lipinski definition) is 1. The van der Waals surface area contributed by atoms with Crippen molar-refractivity contribution in [2.75, 3.05) is 27.4 Å². The molecule has 0 fully saturated rings. The molecule has 39 heavy (non-hydrogen) atoms. The average molecular weight is 536 g/mol. The first-order valence-electron chi connectivity index (χ1n) is 13.5. The van der Waals surface area contributed by atoms with Crippen LogP contribution in [0.1, 0.15) is 69.4 Å². The number of benzene rings is 2. The Bertz CT molecular complexity index is 1300. The molecule has 2 aliphatic rings. The Hall–Kier alpha value is -3.81. The van der Waals surface area contributed by atoms with Crippen LogP contribution in [-0.4, -0.2) is 50.0 Å². The van der Waals surface area contributed by atoms with Crippen molar-refractivity contribution < 1.29 is 33.6 Å². The van der Waals surface area contributed by atoms with E-state index in [-0.39, 0.29) is 23.9 Å². The first kappa shape index (κ1) is 28.2. The van der Waals surface area contributed by atoms with Crippen molar-refractivity contribution in [2.45, 2.75) is 58.3 Å². The van der Waals surface area contributed by atoms with Crippen LogP contribution in [0.3, 0.4) is 0 Å². The van der Waals surface area contributed by atoms with Gasteiger partial charge in [0, 0.05) is 29.3 Å². The second kappa shape index (κ2) is 12.4.